The monoisotopic (exact) mass is 447 g/mol. The summed E-state index contributed by atoms with van der Waals surface area (Å²) in [6, 6.07) is 6.91. The Kier molecular flexibility index (Phi) is 6.03. The molecule has 7 nitrogen and oxygen atoms in total. The molecule has 0 aromatic heterocycles. The Labute approximate surface area is 183 Å². The quantitative estimate of drug-likeness (QED) is 0.771. The van der Waals surface area contributed by atoms with Gasteiger partial charge in [-0.1, -0.05) is 35.9 Å². The normalized spacial score (nSPS) is 23.4. The van der Waals surface area contributed by atoms with Crippen molar-refractivity contribution in [2.24, 2.45) is 16.0 Å². The first kappa shape index (κ1) is 22.0. The third-order valence-electron chi connectivity index (χ3n) is 5.81. The number of carbonyl (C=O) groups is 2. The molecule has 1 aromatic carbocycles. The molecule has 4 rings (SSSR count). The standard InChI is InChI=1S/C22H24F3N5O2/c1-14-4-6-15(7-5-14)20-18(29-10-2-3-19(29)31)13-30(28-20)21(32)27-12-17-9-8-16(11-26-17)22(23,24)25/h4-9,16,18H,2-3,10-13H2,1H3,(H,27,32). The van der Waals surface area contributed by atoms with E-state index >= 15 is 0 Å². The van der Waals surface area contributed by atoms with E-state index in [9.17, 15) is 22.8 Å². The van der Waals surface area contributed by atoms with E-state index in [1.807, 2.05) is 31.2 Å². The van der Waals surface area contributed by atoms with Gasteiger partial charge in [0.15, 0.2) is 0 Å². The highest BCUT2D eigenvalue weighted by molar-refractivity contribution is 6.08. The molecule has 3 aliphatic rings. The number of carbonyl (C=O) groups excluding carboxylic acids is 2. The van der Waals surface area contributed by atoms with Crippen LogP contribution in [0.1, 0.15) is 24.0 Å². The van der Waals surface area contributed by atoms with Crippen molar-refractivity contribution in [1.82, 2.24) is 15.2 Å². The minimum atomic E-state index is -4.33. The average Bonchev–Trinajstić information content (AvgIpc) is 3.38. The van der Waals surface area contributed by atoms with Gasteiger partial charge in [-0.05, 0) is 25.0 Å². The number of likely N-dealkylation sites (tertiary alicyclic amines) is 1. The smallest absolute Gasteiger partial charge is 0.332 e. The average molecular weight is 447 g/mol. The number of hydrogen-bond donors (Lipinski definition) is 1. The van der Waals surface area contributed by atoms with Crippen LogP contribution < -0.4 is 5.32 Å². The number of urea groups is 1. The molecule has 1 fully saturated rings. The Hall–Kier alpha value is -3.17. The number of hydrogen-bond acceptors (Lipinski definition) is 4. The topological polar surface area (TPSA) is 77.4 Å². The van der Waals surface area contributed by atoms with Crippen molar-refractivity contribution < 1.29 is 22.8 Å². The summed E-state index contributed by atoms with van der Waals surface area (Å²) >= 11 is 0. The zero-order valence-electron chi connectivity index (χ0n) is 17.6. The van der Waals surface area contributed by atoms with Gasteiger partial charge in [0, 0.05) is 13.0 Å². The zero-order valence-corrected chi connectivity index (χ0v) is 17.6. The summed E-state index contributed by atoms with van der Waals surface area (Å²) in [6.07, 6.45) is -0.720. The van der Waals surface area contributed by atoms with Gasteiger partial charge in [-0.15, -0.1) is 0 Å². The third kappa shape index (κ3) is 4.68. The highest BCUT2D eigenvalue weighted by atomic mass is 19.4. The third-order valence-corrected chi connectivity index (χ3v) is 5.81. The number of rotatable bonds is 4. The number of dihydropyridines is 1. The molecule has 3 amide bonds. The second-order valence-electron chi connectivity index (χ2n) is 8.14. The van der Waals surface area contributed by atoms with E-state index in [-0.39, 0.29) is 31.6 Å². The number of halogens is 3. The summed E-state index contributed by atoms with van der Waals surface area (Å²) in [5, 5.41) is 8.43. The second kappa shape index (κ2) is 8.76. The maximum absolute atomic E-state index is 12.7. The van der Waals surface area contributed by atoms with Crippen LogP contribution in [-0.4, -0.2) is 71.7 Å². The summed E-state index contributed by atoms with van der Waals surface area (Å²) in [6.45, 7) is 2.43. The highest BCUT2D eigenvalue weighted by Crippen LogP contribution is 2.29. The molecule has 170 valence electrons. The van der Waals surface area contributed by atoms with Gasteiger partial charge in [-0.25, -0.2) is 9.80 Å². The van der Waals surface area contributed by atoms with Gasteiger partial charge in [0.05, 0.1) is 43.0 Å². The van der Waals surface area contributed by atoms with E-state index in [0.29, 0.717) is 24.4 Å². The van der Waals surface area contributed by atoms with E-state index in [1.54, 1.807) is 4.90 Å². The van der Waals surface area contributed by atoms with Crippen LogP contribution in [0, 0.1) is 12.8 Å². The number of alkyl halides is 3. The maximum atomic E-state index is 12.7. The molecule has 1 aromatic rings. The predicted molar refractivity (Wildman–Crippen MR) is 114 cm³/mol. The SMILES string of the molecule is Cc1ccc(C2=NN(C(=O)NCC3=NCC(C(F)(F)F)C=C3)CC2N2CCCC2=O)cc1. The van der Waals surface area contributed by atoms with Crippen molar-refractivity contribution >= 4 is 23.4 Å². The molecule has 3 aliphatic heterocycles. The fourth-order valence-corrected chi connectivity index (χ4v) is 3.98. The van der Waals surface area contributed by atoms with Crippen LogP contribution in [0.2, 0.25) is 0 Å². The number of aryl methyl sites for hydroxylation is 1. The summed E-state index contributed by atoms with van der Waals surface area (Å²) in [5.74, 6) is -1.56. The van der Waals surface area contributed by atoms with Crippen LogP contribution >= 0.6 is 0 Å². The molecule has 0 radical (unpaired) electrons. The second-order valence-corrected chi connectivity index (χ2v) is 8.14. The molecule has 1 saturated heterocycles. The van der Waals surface area contributed by atoms with Gasteiger partial charge in [0.2, 0.25) is 5.91 Å². The van der Waals surface area contributed by atoms with Crippen LogP contribution in [0.4, 0.5) is 18.0 Å². The lowest BCUT2D eigenvalue weighted by Crippen LogP contribution is -2.46. The molecule has 0 spiro atoms. The van der Waals surface area contributed by atoms with Gasteiger partial charge < -0.3 is 10.2 Å². The number of amides is 3. The Balaban J connectivity index is 1.44. The Bertz CT molecular complexity index is 984. The zero-order chi connectivity index (χ0) is 22.9. The summed E-state index contributed by atoms with van der Waals surface area (Å²) in [5.41, 5.74) is 2.95. The Morgan fingerprint density at radius 3 is 2.59 bits per heavy atom. The number of benzene rings is 1. The van der Waals surface area contributed by atoms with Crippen molar-refractivity contribution in [3.8, 4) is 0 Å². The highest BCUT2D eigenvalue weighted by Gasteiger charge is 2.40. The molecule has 1 N–H and O–H groups in total. The van der Waals surface area contributed by atoms with E-state index in [2.05, 4.69) is 15.4 Å². The van der Waals surface area contributed by atoms with E-state index in [0.717, 1.165) is 23.6 Å². The molecule has 32 heavy (non-hydrogen) atoms. The van der Waals surface area contributed by atoms with E-state index in [1.165, 1.54) is 11.1 Å². The first-order chi connectivity index (χ1) is 15.2. The number of nitrogens with one attached hydrogen (secondary N) is 1. The van der Waals surface area contributed by atoms with E-state index < -0.39 is 18.1 Å². The van der Waals surface area contributed by atoms with Crippen molar-refractivity contribution in [2.75, 3.05) is 26.2 Å². The fourth-order valence-electron chi connectivity index (χ4n) is 3.98. The molecule has 0 aliphatic carbocycles. The molecule has 10 heteroatoms. The molecular weight excluding hydrogens is 423 g/mol. The van der Waals surface area contributed by atoms with Crippen molar-refractivity contribution in [1.29, 1.82) is 0 Å². The van der Waals surface area contributed by atoms with Crippen molar-refractivity contribution in [3.05, 3.63) is 47.5 Å². The molecular formula is C22H24F3N5O2. The summed E-state index contributed by atoms with van der Waals surface area (Å²) < 4.78 is 38.2. The number of aliphatic imine (C=N–C) groups is 1. The maximum Gasteiger partial charge on any atom is 0.396 e. The van der Waals surface area contributed by atoms with Gasteiger partial charge in [-0.2, -0.15) is 18.3 Å². The predicted octanol–water partition coefficient (Wildman–Crippen LogP) is 2.90. The van der Waals surface area contributed by atoms with Gasteiger partial charge in [0.25, 0.3) is 0 Å². The van der Waals surface area contributed by atoms with Crippen LogP contribution in [-0.2, 0) is 4.79 Å². The first-order valence-electron chi connectivity index (χ1n) is 10.5. The van der Waals surface area contributed by atoms with Crippen LogP contribution in [0.5, 0.6) is 0 Å². The van der Waals surface area contributed by atoms with Crippen LogP contribution in [0.25, 0.3) is 0 Å². The van der Waals surface area contributed by atoms with Crippen molar-refractivity contribution in [2.45, 2.75) is 32.0 Å². The van der Waals surface area contributed by atoms with Crippen LogP contribution in [0.3, 0.4) is 0 Å². The molecule has 2 unspecified atom stereocenters. The lowest BCUT2D eigenvalue weighted by molar-refractivity contribution is -0.158. The first-order valence-corrected chi connectivity index (χ1v) is 10.5. The van der Waals surface area contributed by atoms with E-state index in [4.69, 9.17) is 0 Å². The minimum absolute atomic E-state index is 0.000886. The van der Waals surface area contributed by atoms with Gasteiger partial charge >= 0.3 is 12.2 Å². The summed E-state index contributed by atoms with van der Waals surface area (Å²) in [4.78, 5) is 30.8. The Morgan fingerprint density at radius 2 is 2.00 bits per heavy atom. The lowest BCUT2D eigenvalue weighted by Gasteiger charge is -2.25. The largest absolute Gasteiger partial charge is 0.396 e. The molecule has 0 bridgehead atoms. The Morgan fingerprint density at radius 1 is 1.25 bits per heavy atom. The molecule has 3 heterocycles. The van der Waals surface area contributed by atoms with Gasteiger partial charge in [0.1, 0.15) is 0 Å². The number of nitrogens with zero attached hydrogens (tertiary/aromatic N) is 4. The minimum Gasteiger partial charge on any atom is -0.332 e. The van der Waals surface area contributed by atoms with Gasteiger partial charge in [-0.3, -0.25) is 9.79 Å². The molecule has 0 saturated carbocycles. The molecule has 2 atom stereocenters. The van der Waals surface area contributed by atoms with Crippen molar-refractivity contribution in [3.63, 3.8) is 0 Å². The summed E-state index contributed by atoms with van der Waals surface area (Å²) in [7, 11) is 0. The van der Waals surface area contributed by atoms with Crippen LogP contribution in [0.15, 0.2) is 46.5 Å². The lowest BCUT2D eigenvalue weighted by atomic mass is 10.0. The fraction of sp³-hybridized carbons (Fsp3) is 0.455. The number of hydrazone groups is 1.